The van der Waals surface area contributed by atoms with Crippen LogP contribution in [0.15, 0.2) is 23.8 Å². The van der Waals surface area contributed by atoms with E-state index in [0.29, 0.717) is 17.1 Å². The van der Waals surface area contributed by atoms with Gasteiger partial charge < -0.3 is 4.74 Å². The second-order valence-electron chi connectivity index (χ2n) is 9.69. The summed E-state index contributed by atoms with van der Waals surface area (Å²) in [5.74, 6) is 5.11. The van der Waals surface area contributed by atoms with Crippen LogP contribution >= 0.6 is 0 Å². The average molecular weight is 324 g/mol. The minimum Gasteiger partial charge on any atom is -0.374 e. The van der Waals surface area contributed by atoms with E-state index in [2.05, 4.69) is 19.1 Å². The van der Waals surface area contributed by atoms with E-state index in [1.165, 1.54) is 37.7 Å². The number of allylic oxidation sites excluding steroid dienone is 4. The molecule has 1 heterocycles. The van der Waals surface area contributed by atoms with Gasteiger partial charge in [0.1, 0.15) is 0 Å². The minimum atomic E-state index is 0.222. The molecule has 128 valence electrons. The highest BCUT2D eigenvalue weighted by atomic mass is 16.5. The van der Waals surface area contributed by atoms with Crippen molar-refractivity contribution in [3.63, 3.8) is 0 Å². The molecule has 2 heteroatoms. The fourth-order valence-corrected chi connectivity index (χ4v) is 8.16. The fraction of sp³-hybridized carbons (Fsp3) is 0.773. The first kappa shape index (κ1) is 14.3. The number of ketones is 1. The first-order valence-corrected chi connectivity index (χ1v) is 10.2. The highest BCUT2D eigenvalue weighted by molar-refractivity contribution is 5.91. The molecular formula is C22H28O2. The van der Waals surface area contributed by atoms with E-state index < -0.39 is 0 Å². The molecule has 0 aromatic rings. The van der Waals surface area contributed by atoms with Crippen molar-refractivity contribution >= 4 is 5.78 Å². The maximum Gasteiger partial charge on any atom is 0.155 e. The molecule has 0 N–H and O–H groups in total. The largest absolute Gasteiger partial charge is 0.374 e. The Morgan fingerprint density at radius 2 is 2.12 bits per heavy atom. The Balaban J connectivity index is 1.42. The Labute approximate surface area is 144 Å². The summed E-state index contributed by atoms with van der Waals surface area (Å²) in [7, 11) is 0. The zero-order chi connectivity index (χ0) is 16.1. The average Bonchev–Trinajstić information content (AvgIpc) is 3.13. The van der Waals surface area contributed by atoms with Crippen molar-refractivity contribution < 1.29 is 9.53 Å². The van der Waals surface area contributed by atoms with Crippen LogP contribution in [0.5, 0.6) is 0 Å². The van der Waals surface area contributed by atoms with E-state index in [0.717, 1.165) is 49.0 Å². The van der Waals surface area contributed by atoms with Gasteiger partial charge in [-0.25, -0.2) is 0 Å². The Bertz CT molecular complexity index is 667. The summed E-state index contributed by atoms with van der Waals surface area (Å²) in [5.41, 5.74) is 1.96. The Kier molecular flexibility index (Phi) is 2.64. The molecule has 5 aliphatic carbocycles. The summed E-state index contributed by atoms with van der Waals surface area (Å²) >= 11 is 0. The quantitative estimate of drug-likeness (QED) is 0.664. The molecular weight excluding hydrogens is 296 g/mol. The Hall–Kier alpha value is -0.890. The maximum absolute atomic E-state index is 11.8. The van der Waals surface area contributed by atoms with Crippen molar-refractivity contribution in [1.82, 2.24) is 0 Å². The zero-order valence-electron chi connectivity index (χ0n) is 14.7. The van der Waals surface area contributed by atoms with Gasteiger partial charge in [0.15, 0.2) is 5.78 Å². The van der Waals surface area contributed by atoms with Gasteiger partial charge in [-0.1, -0.05) is 19.1 Å². The van der Waals surface area contributed by atoms with Crippen molar-refractivity contribution in [3.05, 3.63) is 23.8 Å². The van der Waals surface area contributed by atoms with Gasteiger partial charge in [-0.05, 0) is 85.7 Å². The van der Waals surface area contributed by atoms with Crippen LogP contribution in [0.4, 0.5) is 0 Å². The monoisotopic (exact) mass is 324 g/mol. The number of carbonyl (C=O) groups excluding carboxylic acids is 1. The molecule has 2 nitrogen and oxygen atoms in total. The maximum atomic E-state index is 11.8. The predicted octanol–water partition coefficient (Wildman–Crippen LogP) is 4.31. The first-order chi connectivity index (χ1) is 11.6. The highest BCUT2D eigenvalue weighted by Crippen LogP contribution is 2.77. The molecule has 1 spiro atoms. The van der Waals surface area contributed by atoms with Crippen LogP contribution in [0.3, 0.4) is 0 Å². The van der Waals surface area contributed by atoms with Gasteiger partial charge in [0.05, 0.1) is 5.60 Å². The number of hydrogen-bond donors (Lipinski definition) is 0. The number of rotatable bonds is 0. The SMILES string of the molecule is C[C@]12CCC3C4CCC(=O)C=C4C=CC3C1C1CC1[C@@]21CCCO1. The van der Waals surface area contributed by atoms with Crippen LogP contribution in [0.25, 0.3) is 0 Å². The van der Waals surface area contributed by atoms with Gasteiger partial charge in [0.2, 0.25) is 0 Å². The van der Waals surface area contributed by atoms with Gasteiger partial charge in [-0.3, -0.25) is 4.79 Å². The molecule has 0 aromatic heterocycles. The van der Waals surface area contributed by atoms with Crippen LogP contribution in [-0.4, -0.2) is 18.0 Å². The van der Waals surface area contributed by atoms with Crippen molar-refractivity contribution in [2.24, 2.45) is 40.9 Å². The van der Waals surface area contributed by atoms with E-state index in [9.17, 15) is 4.79 Å². The van der Waals surface area contributed by atoms with Crippen LogP contribution < -0.4 is 0 Å². The fourth-order valence-electron chi connectivity index (χ4n) is 8.16. The summed E-state index contributed by atoms with van der Waals surface area (Å²) < 4.78 is 6.55. The van der Waals surface area contributed by atoms with E-state index in [1.807, 2.05) is 6.08 Å². The predicted molar refractivity (Wildman–Crippen MR) is 92.3 cm³/mol. The smallest absolute Gasteiger partial charge is 0.155 e. The molecule has 0 radical (unpaired) electrons. The van der Waals surface area contributed by atoms with Crippen LogP contribution in [0.1, 0.15) is 51.9 Å². The van der Waals surface area contributed by atoms with Gasteiger partial charge in [-0.15, -0.1) is 0 Å². The van der Waals surface area contributed by atoms with Crippen molar-refractivity contribution in [3.8, 4) is 0 Å². The molecule has 1 aliphatic heterocycles. The normalized spacial score (nSPS) is 57.2. The summed E-state index contributed by atoms with van der Waals surface area (Å²) in [6, 6.07) is 0. The molecule has 6 unspecified atom stereocenters. The number of carbonyl (C=O) groups is 1. The molecule has 0 aromatic carbocycles. The number of hydrogen-bond acceptors (Lipinski definition) is 2. The lowest BCUT2D eigenvalue weighted by Crippen LogP contribution is -2.54. The van der Waals surface area contributed by atoms with Gasteiger partial charge in [0, 0.05) is 18.4 Å². The summed E-state index contributed by atoms with van der Waals surface area (Å²) in [6.45, 7) is 3.57. The van der Waals surface area contributed by atoms with Gasteiger partial charge in [-0.2, -0.15) is 0 Å². The molecule has 6 rings (SSSR count). The Morgan fingerprint density at radius 1 is 1.21 bits per heavy atom. The van der Waals surface area contributed by atoms with Crippen LogP contribution in [0, 0.1) is 40.9 Å². The minimum absolute atomic E-state index is 0.222. The summed E-state index contributed by atoms with van der Waals surface area (Å²) in [6.07, 6.45) is 15.3. The third-order valence-electron chi connectivity index (χ3n) is 9.05. The lowest BCUT2D eigenvalue weighted by atomic mass is 9.50. The highest BCUT2D eigenvalue weighted by Gasteiger charge is 2.76. The lowest BCUT2D eigenvalue weighted by molar-refractivity contribution is -0.139. The number of ether oxygens (including phenoxy) is 1. The third kappa shape index (κ3) is 1.51. The van der Waals surface area contributed by atoms with Crippen LogP contribution in [0.2, 0.25) is 0 Å². The van der Waals surface area contributed by atoms with E-state index in [4.69, 9.17) is 4.74 Å². The van der Waals surface area contributed by atoms with Crippen molar-refractivity contribution in [2.75, 3.05) is 6.61 Å². The van der Waals surface area contributed by atoms with Gasteiger partial charge >= 0.3 is 0 Å². The van der Waals surface area contributed by atoms with E-state index in [-0.39, 0.29) is 5.60 Å². The third-order valence-corrected chi connectivity index (χ3v) is 9.05. The van der Waals surface area contributed by atoms with Crippen LogP contribution in [-0.2, 0) is 9.53 Å². The lowest BCUT2D eigenvalue weighted by Gasteiger charge is -2.56. The molecule has 3 saturated carbocycles. The Morgan fingerprint density at radius 3 is 2.96 bits per heavy atom. The molecule has 4 fully saturated rings. The summed E-state index contributed by atoms with van der Waals surface area (Å²) in [5, 5.41) is 0. The van der Waals surface area contributed by atoms with Crippen molar-refractivity contribution in [1.29, 1.82) is 0 Å². The summed E-state index contributed by atoms with van der Waals surface area (Å²) in [4.78, 5) is 11.8. The van der Waals surface area contributed by atoms with Crippen molar-refractivity contribution in [2.45, 2.75) is 57.5 Å². The topological polar surface area (TPSA) is 26.3 Å². The standard InChI is InChI=1S/C22H28O2/c1-21-9-7-16-15-6-4-14(23)11-13(15)3-5-17(16)20(21)18-12-19(18)22(21)8-2-10-24-22/h3,5,11,15-20H,2,4,6-10,12H2,1H3/t15?,16?,17?,18?,19?,20?,21-,22-/m0/s1. The molecule has 8 atom stereocenters. The molecule has 24 heavy (non-hydrogen) atoms. The number of fused-ring (bicyclic) bond motifs is 9. The second kappa shape index (κ2) is 4.44. The second-order valence-corrected chi connectivity index (χ2v) is 9.69. The zero-order valence-corrected chi connectivity index (χ0v) is 14.7. The molecule has 1 saturated heterocycles. The molecule has 0 bridgehead atoms. The first-order valence-electron chi connectivity index (χ1n) is 10.2. The van der Waals surface area contributed by atoms with E-state index >= 15 is 0 Å². The molecule has 0 amide bonds. The van der Waals surface area contributed by atoms with Gasteiger partial charge in [0.25, 0.3) is 0 Å². The van der Waals surface area contributed by atoms with E-state index in [1.54, 1.807) is 0 Å². The molecule has 6 aliphatic rings.